The number of hydrogen-bond acceptors (Lipinski definition) is 6. The molecule has 1 N–H and O–H groups in total. The molecule has 0 aromatic carbocycles. The molecule has 1 aromatic rings. The molecule has 0 spiro atoms. The zero-order valence-electron chi connectivity index (χ0n) is 12.3. The first-order chi connectivity index (χ1) is 9.69. The van der Waals surface area contributed by atoms with E-state index >= 15 is 0 Å². The second-order valence-corrected chi connectivity index (χ2v) is 5.06. The van der Waals surface area contributed by atoms with Gasteiger partial charge in [0.2, 0.25) is 0 Å². The first-order valence-electron chi connectivity index (χ1n) is 7.21. The van der Waals surface area contributed by atoms with Crippen molar-refractivity contribution in [2.24, 2.45) is 0 Å². The number of rotatable bonds is 6. The number of ether oxygens (including phenoxy) is 1. The van der Waals surface area contributed by atoms with Crippen LogP contribution < -0.4 is 4.90 Å². The van der Waals surface area contributed by atoms with E-state index in [-0.39, 0.29) is 0 Å². The van der Waals surface area contributed by atoms with Gasteiger partial charge in [-0.1, -0.05) is 0 Å². The van der Waals surface area contributed by atoms with Crippen molar-refractivity contribution < 1.29 is 9.84 Å². The van der Waals surface area contributed by atoms with E-state index in [1.54, 1.807) is 6.20 Å². The molecule has 0 bridgehead atoms. The molecule has 1 unspecified atom stereocenters. The van der Waals surface area contributed by atoms with Gasteiger partial charge in [0.25, 0.3) is 0 Å². The molecule has 1 saturated heterocycles. The number of aliphatic hydroxyl groups excluding tert-OH is 1. The Morgan fingerprint density at radius 2 is 2.10 bits per heavy atom. The lowest BCUT2D eigenvalue weighted by Crippen LogP contribution is -2.49. The maximum atomic E-state index is 9.85. The summed E-state index contributed by atoms with van der Waals surface area (Å²) < 4.78 is 5.24. The van der Waals surface area contributed by atoms with Crippen LogP contribution in [-0.2, 0) is 4.74 Å². The van der Waals surface area contributed by atoms with Crippen molar-refractivity contribution in [3.8, 4) is 0 Å². The number of aliphatic hydroxyl groups is 1. The zero-order valence-corrected chi connectivity index (χ0v) is 12.3. The lowest BCUT2D eigenvalue weighted by molar-refractivity contribution is 0.0202. The van der Waals surface area contributed by atoms with Gasteiger partial charge in [-0.25, -0.2) is 9.97 Å². The van der Waals surface area contributed by atoms with Crippen molar-refractivity contribution >= 4 is 5.82 Å². The predicted octanol–water partition coefficient (Wildman–Crippen LogP) is 0.304. The van der Waals surface area contributed by atoms with Gasteiger partial charge in [0.15, 0.2) is 0 Å². The second kappa shape index (κ2) is 7.52. The van der Waals surface area contributed by atoms with Gasteiger partial charge in [-0.15, -0.1) is 0 Å². The molecule has 20 heavy (non-hydrogen) atoms. The van der Waals surface area contributed by atoms with Gasteiger partial charge >= 0.3 is 0 Å². The molecule has 112 valence electrons. The van der Waals surface area contributed by atoms with Crippen LogP contribution in [0.4, 0.5) is 5.82 Å². The van der Waals surface area contributed by atoms with Crippen LogP contribution in [0.3, 0.4) is 0 Å². The number of nitrogens with zero attached hydrogens (tertiary/aromatic N) is 4. The summed E-state index contributed by atoms with van der Waals surface area (Å²) in [6.07, 6.45) is 1.40. The van der Waals surface area contributed by atoms with E-state index in [0.29, 0.717) is 19.8 Å². The summed E-state index contributed by atoms with van der Waals surface area (Å²) in [6.45, 7) is 9.32. The average Bonchev–Trinajstić information content (AvgIpc) is 2.46. The smallest absolute Gasteiger partial charge is 0.132 e. The normalized spacial score (nSPS) is 18.2. The SMILES string of the molecule is CCOCC(O)CN1CCN(c2ccnc(C)n2)CC1. The van der Waals surface area contributed by atoms with Gasteiger partial charge in [0.1, 0.15) is 11.6 Å². The minimum Gasteiger partial charge on any atom is -0.389 e. The lowest BCUT2D eigenvalue weighted by atomic mass is 10.2. The molecule has 0 saturated carbocycles. The highest BCUT2D eigenvalue weighted by Crippen LogP contribution is 2.13. The van der Waals surface area contributed by atoms with Crippen molar-refractivity contribution in [2.75, 3.05) is 50.8 Å². The minimum absolute atomic E-state index is 0.400. The monoisotopic (exact) mass is 280 g/mol. The topological polar surface area (TPSA) is 61.7 Å². The Hall–Kier alpha value is -1.24. The average molecular weight is 280 g/mol. The van der Waals surface area contributed by atoms with Gasteiger partial charge in [0.05, 0.1) is 12.7 Å². The van der Waals surface area contributed by atoms with Gasteiger partial charge in [-0.3, -0.25) is 4.90 Å². The molecule has 1 aliphatic heterocycles. The van der Waals surface area contributed by atoms with E-state index in [4.69, 9.17) is 4.74 Å². The summed E-state index contributed by atoms with van der Waals surface area (Å²) in [6, 6.07) is 1.95. The molecule has 1 fully saturated rings. The molecule has 0 aliphatic carbocycles. The van der Waals surface area contributed by atoms with Crippen molar-refractivity contribution in [1.29, 1.82) is 0 Å². The highest BCUT2D eigenvalue weighted by Gasteiger charge is 2.20. The van der Waals surface area contributed by atoms with Gasteiger partial charge in [-0.2, -0.15) is 0 Å². The Morgan fingerprint density at radius 3 is 2.75 bits per heavy atom. The molecular formula is C14H24N4O2. The quantitative estimate of drug-likeness (QED) is 0.809. The second-order valence-electron chi connectivity index (χ2n) is 5.06. The molecule has 0 amide bonds. The van der Waals surface area contributed by atoms with Crippen LogP contribution in [0.15, 0.2) is 12.3 Å². The molecule has 1 aliphatic rings. The third kappa shape index (κ3) is 4.40. The van der Waals surface area contributed by atoms with Crippen LogP contribution in [0.1, 0.15) is 12.7 Å². The highest BCUT2D eigenvalue weighted by atomic mass is 16.5. The van der Waals surface area contributed by atoms with Crippen molar-refractivity contribution in [3.63, 3.8) is 0 Å². The van der Waals surface area contributed by atoms with Gasteiger partial charge < -0.3 is 14.7 Å². The summed E-state index contributed by atoms with van der Waals surface area (Å²) >= 11 is 0. The largest absolute Gasteiger partial charge is 0.389 e. The van der Waals surface area contributed by atoms with Gasteiger partial charge in [-0.05, 0) is 19.9 Å². The van der Waals surface area contributed by atoms with Crippen LogP contribution in [0, 0.1) is 6.92 Å². The van der Waals surface area contributed by atoms with Crippen LogP contribution in [0.25, 0.3) is 0 Å². The summed E-state index contributed by atoms with van der Waals surface area (Å²) in [4.78, 5) is 13.1. The third-order valence-corrected chi connectivity index (χ3v) is 3.44. The summed E-state index contributed by atoms with van der Waals surface area (Å²) in [5.74, 6) is 1.80. The third-order valence-electron chi connectivity index (χ3n) is 3.44. The van der Waals surface area contributed by atoms with E-state index in [0.717, 1.165) is 37.8 Å². The van der Waals surface area contributed by atoms with Crippen molar-refractivity contribution in [3.05, 3.63) is 18.1 Å². The van der Waals surface area contributed by atoms with Crippen molar-refractivity contribution in [1.82, 2.24) is 14.9 Å². The molecule has 0 radical (unpaired) electrons. The van der Waals surface area contributed by atoms with Crippen LogP contribution in [-0.4, -0.2) is 72.0 Å². The fraction of sp³-hybridized carbons (Fsp3) is 0.714. The summed E-state index contributed by atoms with van der Waals surface area (Å²) in [5.41, 5.74) is 0. The number of aromatic nitrogens is 2. The fourth-order valence-corrected chi connectivity index (χ4v) is 2.38. The van der Waals surface area contributed by atoms with E-state index in [1.165, 1.54) is 0 Å². The Morgan fingerprint density at radius 1 is 1.35 bits per heavy atom. The Bertz CT molecular complexity index is 408. The number of piperazine rings is 1. The van der Waals surface area contributed by atoms with E-state index < -0.39 is 6.10 Å². The first-order valence-corrected chi connectivity index (χ1v) is 7.21. The van der Waals surface area contributed by atoms with E-state index in [1.807, 2.05) is 19.9 Å². The molecule has 1 aromatic heterocycles. The Labute approximate surface area is 120 Å². The van der Waals surface area contributed by atoms with Crippen LogP contribution in [0.2, 0.25) is 0 Å². The molecule has 6 heteroatoms. The van der Waals surface area contributed by atoms with Crippen molar-refractivity contribution in [2.45, 2.75) is 20.0 Å². The Balaban J connectivity index is 1.77. The van der Waals surface area contributed by atoms with Crippen LogP contribution in [0.5, 0.6) is 0 Å². The van der Waals surface area contributed by atoms with E-state index in [9.17, 15) is 5.11 Å². The standard InChI is InChI=1S/C14H24N4O2/c1-3-20-11-13(19)10-17-6-8-18(9-7-17)14-4-5-15-12(2)16-14/h4-5,13,19H,3,6-11H2,1-2H3. The molecule has 1 atom stereocenters. The molecule has 2 rings (SSSR count). The number of hydrogen-bond donors (Lipinski definition) is 1. The van der Waals surface area contributed by atoms with E-state index in [2.05, 4.69) is 19.8 Å². The highest BCUT2D eigenvalue weighted by molar-refractivity contribution is 5.37. The zero-order chi connectivity index (χ0) is 14.4. The molecule has 6 nitrogen and oxygen atoms in total. The number of β-amino-alcohol motifs (C(OH)–C–C–N with tert-alkyl or cyclic N) is 1. The lowest BCUT2D eigenvalue weighted by Gasteiger charge is -2.36. The van der Waals surface area contributed by atoms with Crippen LogP contribution >= 0.6 is 0 Å². The first kappa shape index (κ1) is 15.2. The number of aryl methyl sites for hydroxylation is 1. The molecular weight excluding hydrogens is 256 g/mol. The van der Waals surface area contributed by atoms with Gasteiger partial charge in [0, 0.05) is 45.5 Å². The fourth-order valence-electron chi connectivity index (χ4n) is 2.38. The minimum atomic E-state index is -0.400. The maximum absolute atomic E-state index is 9.85. The summed E-state index contributed by atoms with van der Waals surface area (Å²) in [7, 11) is 0. The molecule has 2 heterocycles. The maximum Gasteiger partial charge on any atom is 0.132 e. The Kier molecular flexibility index (Phi) is 5.70. The number of anilines is 1. The predicted molar refractivity (Wildman–Crippen MR) is 77.9 cm³/mol. The summed E-state index contributed by atoms with van der Waals surface area (Å²) in [5, 5.41) is 9.85.